The van der Waals surface area contributed by atoms with Crippen molar-refractivity contribution >= 4 is 10.0 Å². The molecule has 2 N–H and O–H groups in total. The minimum Gasteiger partial charge on any atom is -0.382 e. The summed E-state index contributed by atoms with van der Waals surface area (Å²) in [5.74, 6) is 0. The summed E-state index contributed by atoms with van der Waals surface area (Å²) in [6, 6.07) is 5.86. The van der Waals surface area contributed by atoms with E-state index in [0.29, 0.717) is 0 Å². The summed E-state index contributed by atoms with van der Waals surface area (Å²) in [5.41, 5.74) is 0.735. The van der Waals surface area contributed by atoms with Gasteiger partial charge in [-0.2, -0.15) is 13.2 Å². The van der Waals surface area contributed by atoms with Crippen molar-refractivity contribution in [2.24, 2.45) is 0 Å². The average molecular weight is 325 g/mol. The van der Waals surface area contributed by atoms with Crippen LogP contribution in [0.3, 0.4) is 0 Å². The van der Waals surface area contributed by atoms with Gasteiger partial charge in [-0.1, -0.05) is 32.9 Å². The number of nitrogens with one attached hydrogen (secondary N) is 1. The van der Waals surface area contributed by atoms with Gasteiger partial charge in [0.2, 0.25) is 10.0 Å². The maximum absolute atomic E-state index is 12.1. The molecule has 1 rings (SSSR count). The van der Waals surface area contributed by atoms with Gasteiger partial charge in [-0.25, -0.2) is 13.1 Å². The van der Waals surface area contributed by atoms with E-state index in [0.717, 1.165) is 5.56 Å². The summed E-state index contributed by atoms with van der Waals surface area (Å²) in [6.07, 6.45) is -7.60. The third-order valence-electron chi connectivity index (χ3n) is 2.88. The molecule has 1 atom stereocenters. The van der Waals surface area contributed by atoms with E-state index in [2.05, 4.69) is 0 Å². The predicted molar refractivity (Wildman–Crippen MR) is 72.4 cm³/mol. The van der Waals surface area contributed by atoms with Gasteiger partial charge in [-0.05, 0) is 23.1 Å². The lowest BCUT2D eigenvalue weighted by Gasteiger charge is -2.19. The van der Waals surface area contributed by atoms with Crippen molar-refractivity contribution in [2.45, 2.75) is 43.4 Å². The number of hydrogen-bond acceptors (Lipinski definition) is 3. The lowest BCUT2D eigenvalue weighted by Crippen LogP contribution is -2.40. The molecule has 0 aromatic heterocycles. The van der Waals surface area contributed by atoms with Crippen molar-refractivity contribution in [3.05, 3.63) is 29.8 Å². The molecule has 0 saturated heterocycles. The molecule has 4 nitrogen and oxygen atoms in total. The van der Waals surface area contributed by atoms with Crippen LogP contribution in [0.25, 0.3) is 0 Å². The Labute approximate surface area is 122 Å². The Bertz CT molecular complexity index is 574. The molecular formula is C13H18F3NO3S. The summed E-state index contributed by atoms with van der Waals surface area (Å²) in [6.45, 7) is 4.74. The van der Waals surface area contributed by atoms with Gasteiger partial charge in [0, 0.05) is 6.54 Å². The Morgan fingerprint density at radius 1 is 1.14 bits per heavy atom. The van der Waals surface area contributed by atoms with Gasteiger partial charge in [0.25, 0.3) is 0 Å². The van der Waals surface area contributed by atoms with Crippen LogP contribution in [0.2, 0.25) is 0 Å². The molecular weight excluding hydrogens is 307 g/mol. The first kappa shape index (κ1) is 17.9. The van der Waals surface area contributed by atoms with E-state index in [9.17, 15) is 21.6 Å². The van der Waals surface area contributed by atoms with Gasteiger partial charge in [-0.3, -0.25) is 0 Å². The summed E-state index contributed by atoms with van der Waals surface area (Å²) >= 11 is 0. The molecule has 0 fully saturated rings. The van der Waals surface area contributed by atoms with Crippen LogP contribution < -0.4 is 4.72 Å². The van der Waals surface area contributed by atoms with E-state index in [1.54, 1.807) is 16.9 Å². The second-order valence-corrected chi connectivity index (χ2v) is 7.45. The van der Waals surface area contributed by atoms with Crippen LogP contribution in [0.15, 0.2) is 29.2 Å². The fraction of sp³-hybridized carbons (Fsp3) is 0.538. The number of rotatable bonds is 4. The molecule has 21 heavy (non-hydrogen) atoms. The SMILES string of the molecule is CC(C)(C)c1ccc(S(=O)(=O)NCC(O)C(F)(F)F)cc1. The molecule has 0 aliphatic heterocycles. The fourth-order valence-electron chi connectivity index (χ4n) is 1.52. The number of aliphatic hydroxyl groups excluding tert-OH is 1. The van der Waals surface area contributed by atoms with Crippen molar-refractivity contribution in [3.63, 3.8) is 0 Å². The van der Waals surface area contributed by atoms with E-state index in [4.69, 9.17) is 5.11 Å². The molecule has 8 heteroatoms. The van der Waals surface area contributed by atoms with Crippen LogP contribution in [0.5, 0.6) is 0 Å². The molecule has 0 spiro atoms. The Kier molecular flexibility index (Phi) is 5.07. The lowest BCUT2D eigenvalue weighted by atomic mass is 9.87. The summed E-state index contributed by atoms with van der Waals surface area (Å²) in [4.78, 5) is -0.148. The molecule has 1 aromatic carbocycles. The van der Waals surface area contributed by atoms with Gasteiger partial charge in [0.15, 0.2) is 6.10 Å². The number of benzene rings is 1. The predicted octanol–water partition coefficient (Wildman–Crippen LogP) is 2.19. The van der Waals surface area contributed by atoms with Gasteiger partial charge >= 0.3 is 6.18 Å². The van der Waals surface area contributed by atoms with E-state index in [-0.39, 0.29) is 10.3 Å². The topological polar surface area (TPSA) is 66.4 Å². The minimum atomic E-state index is -4.86. The highest BCUT2D eigenvalue weighted by atomic mass is 32.2. The van der Waals surface area contributed by atoms with Crippen molar-refractivity contribution in [3.8, 4) is 0 Å². The number of sulfonamides is 1. The highest BCUT2D eigenvalue weighted by Crippen LogP contribution is 2.24. The Balaban J connectivity index is 2.85. The van der Waals surface area contributed by atoms with Crippen molar-refractivity contribution in [2.75, 3.05) is 6.54 Å². The molecule has 1 aromatic rings. The Morgan fingerprint density at radius 2 is 1.62 bits per heavy atom. The normalized spacial score (nSPS) is 15.0. The van der Waals surface area contributed by atoms with Crippen LogP contribution in [0.4, 0.5) is 13.2 Å². The number of hydrogen-bond donors (Lipinski definition) is 2. The molecule has 0 bridgehead atoms. The smallest absolute Gasteiger partial charge is 0.382 e. The second-order valence-electron chi connectivity index (χ2n) is 5.68. The molecule has 0 heterocycles. The molecule has 0 saturated carbocycles. The largest absolute Gasteiger partial charge is 0.415 e. The third-order valence-corrected chi connectivity index (χ3v) is 4.31. The highest BCUT2D eigenvalue weighted by molar-refractivity contribution is 7.89. The lowest BCUT2D eigenvalue weighted by molar-refractivity contribution is -0.200. The van der Waals surface area contributed by atoms with Crippen LogP contribution in [-0.4, -0.2) is 32.3 Å². The zero-order chi connectivity index (χ0) is 16.5. The van der Waals surface area contributed by atoms with Crippen molar-refractivity contribution in [1.29, 1.82) is 0 Å². The van der Waals surface area contributed by atoms with Gasteiger partial charge in [-0.15, -0.1) is 0 Å². The standard InChI is InChI=1S/C13H18F3NO3S/c1-12(2,3)9-4-6-10(7-5-9)21(19,20)17-8-11(18)13(14,15)16/h4-7,11,17-18H,8H2,1-3H3. The van der Waals surface area contributed by atoms with Crippen molar-refractivity contribution in [1.82, 2.24) is 4.72 Å². The quantitative estimate of drug-likeness (QED) is 0.892. The van der Waals surface area contributed by atoms with Crippen LogP contribution >= 0.6 is 0 Å². The third kappa shape index (κ3) is 4.98. The molecule has 0 aliphatic carbocycles. The van der Waals surface area contributed by atoms with Crippen LogP contribution in [0.1, 0.15) is 26.3 Å². The maximum atomic E-state index is 12.1. The highest BCUT2D eigenvalue weighted by Gasteiger charge is 2.38. The van der Waals surface area contributed by atoms with E-state index >= 15 is 0 Å². The zero-order valence-corrected chi connectivity index (χ0v) is 12.7. The molecule has 1 unspecified atom stereocenters. The molecule has 0 radical (unpaired) electrons. The van der Waals surface area contributed by atoms with Gasteiger partial charge in [0.05, 0.1) is 4.90 Å². The minimum absolute atomic E-state index is 0.148. The number of alkyl halides is 3. The summed E-state index contributed by atoms with van der Waals surface area (Å²) < 4.78 is 61.8. The fourth-order valence-corrected chi connectivity index (χ4v) is 2.56. The molecule has 0 aliphatic rings. The average Bonchev–Trinajstić information content (AvgIpc) is 2.34. The van der Waals surface area contributed by atoms with E-state index in [1.165, 1.54) is 12.1 Å². The van der Waals surface area contributed by atoms with Crippen LogP contribution in [0, 0.1) is 0 Å². The first-order chi connectivity index (χ1) is 9.34. The number of halogens is 3. The zero-order valence-electron chi connectivity index (χ0n) is 11.9. The molecule has 0 amide bonds. The van der Waals surface area contributed by atoms with Gasteiger partial charge in [0.1, 0.15) is 0 Å². The molecule has 120 valence electrons. The monoisotopic (exact) mass is 325 g/mol. The second kappa shape index (κ2) is 5.94. The number of aliphatic hydroxyl groups is 1. The first-order valence-electron chi connectivity index (χ1n) is 6.19. The first-order valence-corrected chi connectivity index (χ1v) is 7.67. The van der Waals surface area contributed by atoms with E-state index in [1.807, 2.05) is 20.8 Å². The summed E-state index contributed by atoms with van der Waals surface area (Å²) in [5, 5.41) is 8.79. The summed E-state index contributed by atoms with van der Waals surface area (Å²) in [7, 11) is -4.09. The maximum Gasteiger partial charge on any atom is 0.415 e. The Morgan fingerprint density at radius 3 is 2.00 bits per heavy atom. The van der Waals surface area contributed by atoms with Gasteiger partial charge < -0.3 is 5.11 Å². The van der Waals surface area contributed by atoms with E-state index < -0.39 is 28.8 Å². The Hall–Kier alpha value is -1.12. The van der Waals surface area contributed by atoms with Crippen molar-refractivity contribution < 1.29 is 26.7 Å². The van der Waals surface area contributed by atoms with Crippen LogP contribution in [-0.2, 0) is 15.4 Å².